The number of hydrogen-bond acceptors (Lipinski definition) is 5. The van der Waals surface area contributed by atoms with Crippen molar-refractivity contribution in [3.8, 4) is 5.13 Å². The zero-order valence-corrected chi connectivity index (χ0v) is 11.8. The van der Waals surface area contributed by atoms with Gasteiger partial charge in [-0.1, -0.05) is 24.2 Å². The van der Waals surface area contributed by atoms with E-state index < -0.39 is 5.97 Å². The fourth-order valence-corrected chi connectivity index (χ4v) is 3.31. The third-order valence-electron chi connectivity index (χ3n) is 3.45. The molecule has 1 aliphatic rings. The van der Waals surface area contributed by atoms with Crippen LogP contribution in [0.3, 0.4) is 0 Å². The van der Waals surface area contributed by atoms with Crippen molar-refractivity contribution in [3.63, 3.8) is 0 Å². The molecule has 2 aromatic rings. The SMILES string of the molecule is O=C(O)c1cccn1-c1nnc(N2CCCCCC2)s1. The molecule has 0 radical (unpaired) electrons. The molecule has 20 heavy (non-hydrogen) atoms. The highest BCUT2D eigenvalue weighted by Crippen LogP contribution is 2.26. The van der Waals surface area contributed by atoms with Crippen molar-refractivity contribution in [2.75, 3.05) is 18.0 Å². The van der Waals surface area contributed by atoms with Crippen molar-refractivity contribution in [1.29, 1.82) is 0 Å². The number of carboxylic acid groups (broad SMARTS) is 1. The number of anilines is 1. The van der Waals surface area contributed by atoms with Crippen LogP contribution in [0.15, 0.2) is 18.3 Å². The molecule has 0 spiro atoms. The van der Waals surface area contributed by atoms with E-state index >= 15 is 0 Å². The number of aromatic carboxylic acids is 1. The summed E-state index contributed by atoms with van der Waals surface area (Å²) in [6, 6.07) is 3.27. The summed E-state index contributed by atoms with van der Waals surface area (Å²) in [5.41, 5.74) is 0.212. The van der Waals surface area contributed by atoms with Crippen molar-refractivity contribution < 1.29 is 9.90 Å². The molecule has 3 heterocycles. The van der Waals surface area contributed by atoms with Crippen molar-refractivity contribution in [2.45, 2.75) is 25.7 Å². The van der Waals surface area contributed by atoms with Crippen LogP contribution in [0.5, 0.6) is 0 Å². The molecule has 7 heteroatoms. The predicted molar refractivity (Wildman–Crippen MR) is 76.9 cm³/mol. The van der Waals surface area contributed by atoms with Gasteiger partial charge < -0.3 is 10.0 Å². The number of carboxylic acids is 1. The average molecular weight is 292 g/mol. The van der Waals surface area contributed by atoms with E-state index in [-0.39, 0.29) is 5.69 Å². The van der Waals surface area contributed by atoms with Gasteiger partial charge in [-0.15, -0.1) is 10.2 Å². The Balaban J connectivity index is 1.86. The molecule has 6 nitrogen and oxygen atoms in total. The molecule has 0 aliphatic carbocycles. The van der Waals surface area contributed by atoms with E-state index in [2.05, 4.69) is 15.1 Å². The standard InChI is InChI=1S/C13H16N4O2S/c18-11(19)10-6-5-9-17(10)13-15-14-12(20-13)16-7-3-1-2-4-8-16/h5-6,9H,1-4,7-8H2,(H,18,19). The van der Waals surface area contributed by atoms with Crippen LogP contribution in [-0.2, 0) is 0 Å². The predicted octanol–water partition coefficient (Wildman–Crippen LogP) is 2.41. The molecule has 3 rings (SSSR count). The van der Waals surface area contributed by atoms with Gasteiger partial charge in [0.25, 0.3) is 0 Å². The molecule has 0 amide bonds. The van der Waals surface area contributed by atoms with Gasteiger partial charge in [-0.25, -0.2) is 4.79 Å². The summed E-state index contributed by atoms with van der Waals surface area (Å²) in [7, 11) is 0. The van der Waals surface area contributed by atoms with Gasteiger partial charge in [0.1, 0.15) is 5.69 Å². The van der Waals surface area contributed by atoms with Crippen molar-refractivity contribution in [1.82, 2.24) is 14.8 Å². The fourth-order valence-electron chi connectivity index (χ4n) is 2.42. The molecular formula is C13H16N4O2S. The lowest BCUT2D eigenvalue weighted by atomic mass is 10.2. The molecule has 1 N–H and O–H groups in total. The van der Waals surface area contributed by atoms with Gasteiger partial charge in [-0.05, 0) is 25.0 Å². The third kappa shape index (κ3) is 2.53. The highest BCUT2D eigenvalue weighted by atomic mass is 32.1. The lowest BCUT2D eigenvalue weighted by molar-refractivity contribution is 0.0688. The minimum absolute atomic E-state index is 0.212. The molecule has 0 atom stereocenters. The summed E-state index contributed by atoms with van der Waals surface area (Å²) in [5.74, 6) is -0.957. The highest BCUT2D eigenvalue weighted by molar-refractivity contribution is 7.17. The van der Waals surface area contributed by atoms with Crippen LogP contribution in [0.2, 0.25) is 0 Å². The quantitative estimate of drug-likeness (QED) is 0.940. The zero-order valence-electron chi connectivity index (χ0n) is 11.0. The van der Waals surface area contributed by atoms with Crippen LogP contribution in [0, 0.1) is 0 Å². The smallest absolute Gasteiger partial charge is 0.352 e. The van der Waals surface area contributed by atoms with Gasteiger partial charge in [-0.3, -0.25) is 4.57 Å². The maximum absolute atomic E-state index is 11.1. The van der Waals surface area contributed by atoms with E-state index in [4.69, 9.17) is 5.11 Å². The minimum atomic E-state index is -0.957. The fraction of sp³-hybridized carbons (Fsp3) is 0.462. The van der Waals surface area contributed by atoms with E-state index in [1.165, 1.54) is 37.0 Å². The van der Waals surface area contributed by atoms with E-state index in [1.807, 2.05) is 0 Å². The Hall–Kier alpha value is -1.89. The Bertz CT molecular complexity index is 599. The van der Waals surface area contributed by atoms with Gasteiger partial charge in [-0.2, -0.15) is 0 Å². The van der Waals surface area contributed by atoms with E-state index in [9.17, 15) is 4.79 Å². The second-order valence-electron chi connectivity index (χ2n) is 4.84. The molecule has 106 valence electrons. The van der Waals surface area contributed by atoms with Crippen LogP contribution in [0.25, 0.3) is 5.13 Å². The molecule has 0 saturated carbocycles. The number of hydrogen-bond donors (Lipinski definition) is 1. The van der Waals surface area contributed by atoms with Crippen LogP contribution in [-0.4, -0.2) is 38.9 Å². The largest absolute Gasteiger partial charge is 0.477 e. The number of nitrogens with zero attached hydrogens (tertiary/aromatic N) is 4. The van der Waals surface area contributed by atoms with E-state index in [0.29, 0.717) is 5.13 Å². The lowest BCUT2D eigenvalue weighted by Gasteiger charge is -2.17. The van der Waals surface area contributed by atoms with Gasteiger partial charge in [0.2, 0.25) is 10.3 Å². The van der Waals surface area contributed by atoms with Crippen molar-refractivity contribution >= 4 is 22.4 Å². The Morgan fingerprint density at radius 2 is 1.85 bits per heavy atom. The summed E-state index contributed by atoms with van der Waals surface area (Å²) in [6.45, 7) is 2.01. The normalized spacial score (nSPS) is 16.1. The average Bonchev–Trinajstić information content (AvgIpc) is 3.02. The molecule has 2 aromatic heterocycles. The first-order valence-corrected chi connectivity index (χ1v) is 7.57. The van der Waals surface area contributed by atoms with Gasteiger partial charge in [0, 0.05) is 19.3 Å². The molecule has 0 unspecified atom stereocenters. The van der Waals surface area contributed by atoms with Gasteiger partial charge >= 0.3 is 5.97 Å². The molecule has 1 aliphatic heterocycles. The number of rotatable bonds is 3. The zero-order chi connectivity index (χ0) is 13.9. The first-order valence-electron chi connectivity index (χ1n) is 6.75. The van der Waals surface area contributed by atoms with E-state index in [0.717, 1.165) is 18.2 Å². The maximum atomic E-state index is 11.1. The highest BCUT2D eigenvalue weighted by Gasteiger charge is 2.17. The summed E-state index contributed by atoms with van der Waals surface area (Å²) >= 11 is 1.44. The summed E-state index contributed by atoms with van der Waals surface area (Å²) in [6.07, 6.45) is 6.60. The first kappa shape index (κ1) is 13.1. The Labute approximate surface area is 120 Å². The monoisotopic (exact) mass is 292 g/mol. The Kier molecular flexibility index (Phi) is 3.68. The molecule has 0 bridgehead atoms. The number of aromatic nitrogens is 3. The summed E-state index contributed by atoms with van der Waals surface area (Å²) in [5, 5.41) is 19.0. The van der Waals surface area contributed by atoms with Crippen molar-refractivity contribution in [3.05, 3.63) is 24.0 Å². The van der Waals surface area contributed by atoms with Crippen LogP contribution in [0.4, 0.5) is 5.13 Å². The Morgan fingerprint density at radius 3 is 2.55 bits per heavy atom. The lowest BCUT2D eigenvalue weighted by Crippen LogP contribution is -2.23. The maximum Gasteiger partial charge on any atom is 0.352 e. The number of carbonyl (C=O) groups is 1. The van der Waals surface area contributed by atoms with Crippen LogP contribution in [0.1, 0.15) is 36.2 Å². The van der Waals surface area contributed by atoms with E-state index in [1.54, 1.807) is 22.9 Å². The van der Waals surface area contributed by atoms with Gasteiger partial charge in [0.15, 0.2) is 0 Å². The van der Waals surface area contributed by atoms with Crippen LogP contribution < -0.4 is 4.90 Å². The summed E-state index contributed by atoms with van der Waals surface area (Å²) < 4.78 is 1.57. The Morgan fingerprint density at radius 1 is 1.15 bits per heavy atom. The van der Waals surface area contributed by atoms with Gasteiger partial charge in [0.05, 0.1) is 0 Å². The van der Waals surface area contributed by atoms with Crippen LogP contribution >= 0.6 is 11.3 Å². The summed E-state index contributed by atoms with van der Waals surface area (Å²) in [4.78, 5) is 13.4. The second-order valence-corrected chi connectivity index (χ2v) is 5.77. The molecule has 0 aromatic carbocycles. The first-order chi connectivity index (χ1) is 9.75. The molecule has 1 saturated heterocycles. The van der Waals surface area contributed by atoms with Crippen molar-refractivity contribution in [2.24, 2.45) is 0 Å². The molecule has 1 fully saturated rings. The second kappa shape index (κ2) is 5.62. The molecular weight excluding hydrogens is 276 g/mol. The third-order valence-corrected chi connectivity index (χ3v) is 4.44. The topological polar surface area (TPSA) is 71.2 Å². The minimum Gasteiger partial charge on any atom is -0.477 e.